The van der Waals surface area contributed by atoms with E-state index in [1.807, 2.05) is 12.1 Å². The predicted molar refractivity (Wildman–Crippen MR) is 86.9 cm³/mol. The minimum Gasteiger partial charge on any atom is -0.336 e. The molecule has 0 radical (unpaired) electrons. The van der Waals surface area contributed by atoms with E-state index in [4.69, 9.17) is 0 Å². The third-order valence-corrected chi connectivity index (χ3v) is 4.28. The Balaban J connectivity index is 1.65. The van der Waals surface area contributed by atoms with E-state index in [1.54, 1.807) is 12.4 Å². The first kappa shape index (κ1) is 17.4. The molecule has 1 aliphatic heterocycles. The van der Waals surface area contributed by atoms with Gasteiger partial charge >= 0.3 is 6.18 Å². The number of benzene rings is 1. The molecule has 2 heterocycles. The van der Waals surface area contributed by atoms with Crippen LogP contribution in [0.5, 0.6) is 0 Å². The Morgan fingerprint density at radius 3 is 2.28 bits per heavy atom. The predicted octanol–water partition coefficient (Wildman–Crippen LogP) is 3.06. The Labute approximate surface area is 143 Å². The zero-order valence-corrected chi connectivity index (χ0v) is 13.5. The largest absolute Gasteiger partial charge is 0.417 e. The van der Waals surface area contributed by atoms with Crippen molar-refractivity contribution in [3.8, 4) is 0 Å². The van der Waals surface area contributed by atoms with Crippen LogP contribution in [0.2, 0.25) is 0 Å². The Morgan fingerprint density at radius 2 is 1.64 bits per heavy atom. The van der Waals surface area contributed by atoms with Crippen molar-refractivity contribution in [3.05, 3.63) is 65.5 Å². The average molecular weight is 349 g/mol. The summed E-state index contributed by atoms with van der Waals surface area (Å²) in [5, 5.41) is 0. The van der Waals surface area contributed by atoms with Crippen LogP contribution >= 0.6 is 0 Å². The van der Waals surface area contributed by atoms with Gasteiger partial charge in [-0.15, -0.1) is 0 Å². The summed E-state index contributed by atoms with van der Waals surface area (Å²) in [6.07, 6.45) is -1.08. The molecule has 3 rings (SSSR count). The second-order valence-corrected chi connectivity index (χ2v) is 5.97. The van der Waals surface area contributed by atoms with Gasteiger partial charge in [-0.1, -0.05) is 12.1 Å². The topological polar surface area (TPSA) is 36.4 Å². The van der Waals surface area contributed by atoms with Crippen molar-refractivity contribution < 1.29 is 18.0 Å². The summed E-state index contributed by atoms with van der Waals surface area (Å²) in [6.45, 7) is 2.82. The highest BCUT2D eigenvalue weighted by molar-refractivity contribution is 5.96. The quantitative estimate of drug-likeness (QED) is 0.855. The molecule has 0 N–H and O–H groups in total. The lowest BCUT2D eigenvalue weighted by Gasteiger charge is -2.35. The molecule has 1 amide bonds. The van der Waals surface area contributed by atoms with E-state index in [2.05, 4.69) is 9.88 Å². The summed E-state index contributed by atoms with van der Waals surface area (Å²) >= 11 is 0. The third-order valence-electron chi connectivity index (χ3n) is 4.28. The first-order valence-corrected chi connectivity index (χ1v) is 8.02. The van der Waals surface area contributed by atoms with Gasteiger partial charge in [0.25, 0.3) is 5.91 Å². The van der Waals surface area contributed by atoms with Crippen LogP contribution in [0.3, 0.4) is 0 Å². The summed E-state index contributed by atoms with van der Waals surface area (Å²) in [5.41, 5.74) is -0.0333. The van der Waals surface area contributed by atoms with Crippen LogP contribution < -0.4 is 0 Å². The van der Waals surface area contributed by atoms with Crippen LogP contribution in [0.15, 0.2) is 48.8 Å². The van der Waals surface area contributed by atoms with Gasteiger partial charge in [-0.3, -0.25) is 14.7 Å². The fraction of sp³-hybridized carbons (Fsp3) is 0.333. The van der Waals surface area contributed by atoms with E-state index >= 15 is 0 Å². The van der Waals surface area contributed by atoms with Crippen LogP contribution in [0.25, 0.3) is 0 Å². The maximum atomic E-state index is 13.1. The lowest BCUT2D eigenvalue weighted by Crippen LogP contribution is -2.48. The van der Waals surface area contributed by atoms with Crippen LogP contribution in [0.1, 0.15) is 21.5 Å². The zero-order chi connectivity index (χ0) is 17.9. The Hall–Kier alpha value is -2.41. The summed E-state index contributed by atoms with van der Waals surface area (Å²) in [6, 6.07) is 8.81. The number of alkyl halides is 3. The van der Waals surface area contributed by atoms with Crippen LogP contribution in [0, 0.1) is 0 Å². The average Bonchev–Trinajstić information content (AvgIpc) is 2.62. The Bertz CT molecular complexity index is 726. The molecule has 0 aliphatic carbocycles. The van der Waals surface area contributed by atoms with Crippen LogP contribution in [0.4, 0.5) is 13.2 Å². The number of halogens is 3. The number of pyridine rings is 1. The molecule has 2 aromatic rings. The first-order chi connectivity index (χ1) is 11.9. The number of carbonyl (C=O) groups excluding carboxylic acids is 1. The summed E-state index contributed by atoms with van der Waals surface area (Å²) in [4.78, 5) is 20.2. The molecule has 7 heteroatoms. The molecule has 1 aromatic heterocycles. The highest BCUT2D eigenvalue weighted by Gasteiger charge is 2.36. The van der Waals surface area contributed by atoms with Gasteiger partial charge < -0.3 is 4.90 Å². The molecule has 1 aromatic carbocycles. The lowest BCUT2D eigenvalue weighted by atomic mass is 10.1. The van der Waals surface area contributed by atoms with Gasteiger partial charge in [-0.05, 0) is 29.8 Å². The van der Waals surface area contributed by atoms with E-state index in [0.29, 0.717) is 26.2 Å². The van der Waals surface area contributed by atoms with Crippen molar-refractivity contribution >= 4 is 5.91 Å². The van der Waals surface area contributed by atoms with E-state index < -0.39 is 17.6 Å². The van der Waals surface area contributed by atoms with Gasteiger partial charge in [0.05, 0.1) is 11.1 Å². The minimum atomic E-state index is -4.53. The zero-order valence-electron chi connectivity index (χ0n) is 13.5. The summed E-state index contributed by atoms with van der Waals surface area (Å²) < 4.78 is 39.3. The molecule has 1 fully saturated rings. The highest BCUT2D eigenvalue weighted by atomic mass is 19.4. The van der Waals surface area contributed by atoms with Gasteiger partial charge in [0.1, 0.15) is 0 Å². The molecular formula is C18H18F3N3O. The van der Waals surface area contributed by atoms with Gasteiger partial charge in [0.15, 0.2) is 0 Å². The van der Waals surface area contributed by atoms with Crippen molar-refractivity contribution in [1.82, 2.24) is 14.8 Å². The van der Waals surface area contributed by atoms with Crippen LogP contribution in [-0.4, -0.2) is 46.9 Å². The number of hydrogen-bond acceptors (Lipinski definition) is 3. The van der Waals surface area contributed by atoms with E-state index in [1.165, 1.54) is 23.1 Å². The van der Waals surface area contributed by atoms with E-state index in [9.17, 15) is 18.0 Å². The van der Waals surface area contributed by atoms with Crippen molar-refractivity contribution in [2.75, 3.05) is 26.2 Å². The van der Waals surface area contributed by atoms with Crippen molar-refractivity contribution in [3.63, 3.8) is 0 Å². The van der Waals surface area contributed by atoms with E-state index in [-0.39, 0.29) is 5.56 Å². The van der Waals surface area contributed by atoms with Gasteiger partial charge in [0.2, 0.25) is 0 Å². The van der Waals surface area contributed by atoms with Crippen molar-refractivity contribution in [2.45, 2.75) is 12.7 Å². The standard InChI is InChI=1S/C18H18F3N3O/c19-18(20,21)16-4-2-1-3-15(16)17(25)24-11-9-23(10-12-24)13-14-5-7-22-8-6-14/h1-8H,9-13H2. The van der Waals surface area contributed by atoms with Crippen molar-refractivity contribution in [1.29, 1.82) is 0 Å². The molecular weight excluding hydrogens is 331 g/mol. The molecule has 1 saturated heterocycles. The van der Waals surface area contributed by atoms with Gasteiger partial charge in [-0.2, -0.15) is 13.2 Å². The maximum Gasteiger partial charge on any atom is 0.417 e. The second-order valence-electron chi connectivity index (χ2n) is 5.97. The minimum absolute atomic E-state index is 0.280. The molecule has 25 heavy (non-hydrogen) atoms. The Morgan fingerprint density at radius 1 is 1.00 bits per heavy atom. The molecule has 0 bridgehead atoms. The fourth-order valence-corrected chi connectivity index (χ4v) is 2.94. The number of aromatic nitrogens is 1. The first-order valence-electron chi connectivity index (χ1n) is 8.02. The molecule has 1 aliphatic rings. The number of hydrogen-bond donors (Lipinski definition) is 0. The molecule has 132 valence electrons. The summed E-state index contributed by atoms with van der Waals surface area (Å²) in [7, 11) is 0. The number of carbonyl (C=O) groups is 1. The molecule has 0 atom stereocenters. The van der Waals surface area contributed by atoms with Crippen LogP contribution in [-0.2, 0) is 12.7 Å². The number of rotatable bonds is 3. The second kappa shape index (κ2) is 7.23. The maximum absolute atomic E-state index is 13.1. The van der Waals surface area contributed by atoms with E-state index in [0.717, 1.165) is 18.2 Å². The monoisotopic (exact) mass is 349 g/mol. The normalized spacial score (nSPS) is 16.0. The fourth-order valence-electron chi connectivity index (χ4n) is 2.94. The summed E-state index contributed by atoms with van der Waals surface area (Å²) in [5.74, 6) is -0.559. The molecule has 0 spiro atoms. The lowest BCUT2D eigenvalue weighted by molar-refractivity contribution is -0.138. The van der Waals surface area contributed by atoms with Gasteiger partial charge in [0, 0.05) is 45.1 Å². The highest BCUT2D eigenvalue weighted by Crippen LogP contribution is 2.32. The number of nitrogens with zero attached hydrogens (tertiary/aromatic N) is 3. The van der Waals surface area contributed by atoms with Crippen molar-refractivity contribution in [2.24, 2.45) is 0 Å². The smallest absolute Gasteiger partial charge is 0.336 e. The third kappa shape index (κ3) is 4.17. The Kier molecular flexibility index (Phi) is 5.03. The number of piperazine rings is 1. The molecule has 0 unspecified atom stereocenters. The number of amides is 1. The SMILES string of the molecule is O=C(c1ccccc1C(F)(F)F)N1CCN(Cc2ccncc2)CC1. The van der Waals surface area contributed by atoms with Gasteiger partial charge in [-0.25, -0.2) is 0 Å². The molecule has 0 saturated carbocycles. The molecule has 4 nitrogen and oxygen atoms in total.